The van der Waals surface area contributed by atoms with Crippen molar-refractivity contribution in [2.75, 3.05) is 13.1 Å². The van der Waals surface area contributed by atoms with Gasteiger partial charge in [-0.05, 0) is 23.6 Å². The van der Waals surface area contributed by atoms with Crippen LogP contribution in [0, 0.1) is 0 Å². The molecule has 0 saturated carbocycles. The van der Waals surface area contributed by atoms with Crippen LogP contribution in [0.15, 0.2) is 65.6 Å². The van der Waals surface area contributed by atoms with E-state index in [4.69, 9.17) is 0 Å². The Balaban J connectivity index is 1.43. The normalized spacial score (nSPS) is 15.6. The summed E-state index contributed by atoms with van der Waals surface area (Å²) in [4.78, 5) is 16.4. The van der Waals surface area contributed by atoms with Crippen LogP contribution in [-0.4, -0.2) is 33.7 Å². The van der Waals surface area contributed by atoms with Gasteiger partial charge in [-0.25, -0.2) is 0 Å². The molecule has 0 saturated heterocycles. The van der Waals surface area contributed by atoms with E-state index < -0.39 is 0 Å². The maximum Gasteiger partial charge on any atom is 0.274 e. The molecule has 5 heteroatoms. The Labute approximate surface area is 168 Å². The zero-order chi connectivity index (χ0) is 19.1. The molecule has 5 rings (SSSR count). The maximum absolute atomic E-state index is 13.3. The molecule has 3 aromatic rings. The van der Waals surface area contributed by atoms with Crippen molar-refractivity contribution in [3.05, 3.63) is 77.5 Å². The number of carbonyl (C=O) groups excluding carboxylic acids is 1. The molecule has 0 spiro atoms. The summed E-state index contributed by atoms with van der Waals surface area (Å²) in [7, 11) is 1.94. The lowest BCUT2D eigenvalue weighted by molar-refractivity contribution is 0.0765. The van der Waals surface area contributed by atoms with E-state index in [1.54, 1.807) is 11.8 Å². The molecule has 0 unspecified atom stereocenters. The highest BCUT2D eigenvalue weighted by Gasteiger charge is 2.30. The highest BCUT2D eigenvalue weighted by molar-refractivity contribution is 7.98. The Morgan fingerprint density at radius 2 is 1.86 bits per heavy atom. The highest BCUT2D eigenvalue weighted by atomic mass is 32.2. The molecule has 1 amide bonds. The van der Waals surface area contributed by atoms with Gasteiger partial charge in [0, 0.05) is 41.9 Å². The zero-order valence-corrected chi connectivity index (χ0v) is 16.6. The van der Waals surface area contributed by atoms with Gasteiger partial charge in [-0.3, -0.25) is 9.48 Å². The van der Waals surface area contributed by atoms with Crippen LogP contribution < -0.4 is 0 Å². The molecule has 0 bridgehead atoms. The second-order valence-electron chi connectivity index (χ2n) is 7.18. The van der Waals surface area contributed by atoms with E-state index in [2.05, 4.69) is 53.6 Å². The molecule has 0 aliphatic carbocycles. The number of carbonyl (C=O) groups is 1. The molecule has 1 aromatic heterocycles. The van der Waals surface area contributed by atoms with E-state index in [9.17, 15) is 4.79 Å². The van der Waals surface area contributed by atoms with Crippen LogP contribution in [0.4, 0.5) is 0 Å². The Hall–Kier alpha value is -2.79. The Morgan fingerprint density at radius 1 is 1.07 bits per heavy atom. The van der Waals surface area contributed by atoms with Crippen molar-refractivity contribution < 1.29 is 4.79 Å². The van der Waals surface area contributed by atoms with Gasteiger partial charge in [0.05, 0.1) is 5.69 Å². The first-order valence-corrected chi connectivity index (χ1v) is 10.5. The van der Waals surface area contributed by atoms with Gasteiger partial charge in [0.1, 0.15) is 0 Å². The molecule has 0 N–H and O–H groups in total. The largest absolute Gasteiger partial charge is 0.333 e. The second-order valence-corrected chi connectivity index (χ2v) is 8.20. The lowest BCUT2D eigenvalue weighted by Crippen LogP contribution is -2.35. The SMILES string of the molecule is Cn1nc(C(=O)N2CC=C(c3ccccc3)CC2)c2c1-c1ccccc1SC2. The minimum absolute atomic E-state index is 0.0418. The number of rotatable bonds is 2. The fourth-order valence-corrected chi connectivity index (χ4v) is 5.14. The molecular weight excluding hydrogens is 366 g/mol. The molecule has 0 fully saturated rings. The smallest absolute Gasteiger partial charge is 0.274 e. The summed E-state index contributed by atoms with van der Waals surface area (Å²) in [5, 5.41) is 4.63. The van der Waals surface area contributed by atoms with Crippen molar-refractivity contribution in [3.63, 3.8) is 0 Å². The fraction of sp³-hybridized carbons (Fsp3) is 0.217. The predicted octanol–water partition coefficient (Wildman–Crippen LogP) is 4.62. The van der Waals surface area contributed by atoms with E-state index in [-0.39, 0.29) is 5.91 Å². The van der Waals surface area contributed by atoms with Crippen LogP contribution in [0.2, 0.25) is 0 Å². The van der Waals surface area contributed by atoms with Crippen LogP contribution in [0.25, 0.3) is 16.8 Å². The molecule has 4 nitrogen and oxygen atoms in total. The topological polar surface area (TPSA) is 38.1 Å². The Bertz CT molecular complexity index is 1080. The quantitative estimate of drug-likeness (QED) is 0.644. The number of thioether (sulfide) groups is 1. The third-order valence-corrected chi connectivity index (χ3v) is 6.60. The lowest BCUT2D eigenvalue weighted by atomic mass is 9.99. The third-order valence-electron chi connectivity index (χ3n) is 5.50. The average molecular weight is 388 g/mol. The highest BCUT2D eigenvalue weighted by Crippen LogP contribution is 2.42. The number of benzene rings is 2. The summed E-state index contributed by atoms with van der Waals surface area (Å²) in [6, 6.07) is 18.8. The standard InChI is InChI=1S/C23H21N3OS/c1-25-22-18-9-5-6-10-20(18)28-15-19(22)21(24-25)23(27)26-13-11-17(12-14-26)16-7-3-2-4-8-16/h2-11H,12-15H2,1H3. The van der Waals surface area contributed by atoms with Gasteiger partial charge < -0.3 is 4.90 Å². The monoisotopic (exact) mass is 387 g/mol. The van der Waals surface area contributed by atoms with Gasteiger partial charge in [0.2, 0.25) is 0 Å². The first-order valence-electron chi connectivity index (χ1n) is 9.54. The number of hydrogen-bond donors (Lipinski definition) is 0. The Kier molecular flexibility index (Phi) is 4.32. The molecular formula is C23H21N3OS. The molecule has 140 valence electrons. The molecule has 0 atom stereocenters. The van der Waals surface area contributed by atoms with E-state index in [1.807, 2.05) is 28.8 Å². The second kappa shape index (κ2) is 6.99. The van der Waals surface area contributed by atoms with E-state index in [0.717, 1.165) is 30.0 Å². The maximum atomic E-state index is 13.3. The van der Waals surface area contributed by atoms with Gasteiger partial charge in [-0.15, -0.1) is 11.8 Å². The minimum atomic E-state index is 0.0418. The summed E-state index contributed by atoms with van der Waals surface area (Å²) in [6.45, 7) is 1.37. The predicted molar refractivity (Wildman–Crippen MR) is 113 cm³/mol. The van der Waals surface area contributed by atoms with Gasteiger partial charge in [0.25, 0.3) is 5.91 Å². The van der Waals surface area contributed by atoms with E-state index >= 15 is 0 Å². The number of fused-ring (bicyclic) bond motifs is 3. The van der Waals surface area contributed by atoms with Gasteiger partial charge in [0.15, 0.2) is 5.69 Å². The molecule has 2 aliphatic heterocycles. The van der Waals surface area contributed by atoms with Crippen molar-refractivity contribution in [1.29, 1.82) is 0 Å². The fourth-order valence-electron chi connectivity index (χ4n) is 4.07. The van der Waals surface area contributed by atoms with Gasteiger partial charge in [-0.2, -0.15) is 5.10 Å². The summed E-state index contributed by atoms with van der Waals surface area (Å²) in [5.74, 6) is 0.834. The summed E-state index contributed by atoms with van der Waals surface area (Å²) in [5.41, 5.74) is 6.49. The minimum Gasteiger partial charge on any atom is -0.333 e. The molecule has 0 radical (unpaired) electrons. The first-order chi connectivity index (χ1) is 13.7. The van der Waals surface area contributed by atoms with Crippen molar-refractivity contribution >= 4 is 23.2 Å². The van der Waals surface area contributed by atoms with Crippen molar-refractivity contribution in [3.8, 4) is 11.3 Å². The summed E-state index contributed by atoms with van der Waals surface area (Å²) in [6.07, 6.45) is 3.05. The first kappa shape index (κ1) is 17.3. The zero-order valence-electron chi connectivity index (χ0n) is 15.8. The third kappa shape index (κ3) is 2.87. The number of hydrogen-bond acceptors (Lipinski definition) is 3. The van der Waals surface area contributed by atoms with Crippen LogP contribution in [0.5, 0.6) is 0 Å². The summed E-state index contributed by atoms with van der Waals surface area (Å²) >= 11 is 1.78. The molecule has 2 aliphatic rings. The molecule has 28 heavy (non-hydrogen) atoms. The van der Waals surface area contributed by atoms with Crippen molar-refractivity contribution in [2.24, 2.45) is 7.05 Å². The number of nitrogens with zero attached hydrogens (tertiary/aromatic N) is 3. The van der Waals surface area contributed by atoms with E-state index in [1.165, 1.54) is 21.6 Å². The van der Waals surface area contributed by atoms with Crippen molar-refractivity contribution in [1.82, 2.24) is 14.7 Å². The van der Waals surface area contributed by atoms with Crippen LogP contribution >= 0.6 is 11.8 Å². The van der Waals surface area contributed by atoms with E-state index in [0.29, 0.717) is 12.2 Å². The number of aryl methyl sites for hydroxylation is 1. The van der Waals surface area contributed by atoms with Crippen LogP contribution in [0.3, 0.4) is 0 Å². The van der Waals surface area contributed by atoms with Crippen LogP contribution in [0.1, 0.15) is 28.0 Å². The summed E-state index contributed by atoms with van der Waals surface area (Å²) < 4.78 is 1.87. The molecule has 3 heterocycles. The van der Waals surface area contributed by atoms with Gasteiger partial charge >= 0.3 is 0 Å². The van der Waals surface area contributed by atoms with Crippen molar-refractivity contribution in [2.45, 2.75) is 17.1 Å². The number of amides is 1. The Morgan fingerprint density at radius 3 is 2.64 bits per heavy atom. The average Bonchev–Trinajstić information content (AvgIpc) is 3.11. The van der Waals surface area contributed by atoms with Crippen LogP contribution in [-0.2, 0) is 12.8 Å². The van der Waals surface area contributed by atoms with Gasteiger partial charge in [-0.1, -0.05) is 54.6 Å². The molecule has 2 aromatic carbocycles. The lowest BCUT2D eigenvalue weighted by Gasteiger charge is -2.26. The number of aromatic nitrogens is 2.